The van der Waals surface area contributed by atoms with Crippen LogP contribution >= 0.6 is 0 Å². The van der Waals surface area contributed by atoms with Crippen LogP contribution in [0.4, 0.5) is 10.1 Å². The normalized spacial score (nSPS) is 20.1. The summed E-state index contributed by atoms with van der Waals surface area (Å²) in [6.07, 6.45) is 3.11. The van der Waals surface area contributed by atoms with Gasteiger partial charge in [0.2, 0.25) is 0 Å². The molecule has 1 fully saturated rings. The molecule has 1 atom stereocenters. The summed E-state index contributed by atoms with van der Waals surface area (Å²) in [5, 5.41) is 0. The first-order valence-corrected chi connectivity index (χ1v) is 7.01. The number of rotatable bonds is 4. The van der Waals surface area contributed by atoms with Crippen molar-refractivity contribution in [1.29, 1.82) is 0 Å². The third kappa shape index (κ3) is 3.67. The predicted molar refractivity (Wildman–Crippen MR) is 78.1 cm³/mol. The molecule has 1 aliphatic rings. The first-order valence-electron chi connectivity index (χ1n) is 7.01. The molecule has 19 heavy (non-hydrogen) atoms. The Labute approximate surface area is 115 Å². The number of hydrogen-bond acceptors (Lipinski definition) is 3. The summed E-state index contributed by atoms with van der Waals surface area (Å²) < 4.78 is 13.7. The Balaban J connectivity index is 2.16. The molecule has 0 spiro atoms. The number of benzene rings is 1. The maximum Gasteiger partial charge on any atom is 0.125 e. The molecule has 1 aliphatic heterocycles. The number of nitrogens with two attached hydrogens (primary N) is 1. The van der Waals surface area contributed by atoms with Crippen molar-refractivity contribution >= 4 is 5.69 Å². The van der Waals surface area contributed by atoms with Gasteiger partial charge in [-0.25, -0.2) is 4.39 Å². The summed E-state index contributed by atoms with van der Waals surface area (Å²) in [5.41, 5.74) is 7.54. The maximum atomic E-state index is 13.7. The van der Waals surface area contributed by atoms with Crippen molar-refractivity contribution in [3.63, 3.8) is 0 Å². The molecular formula is C15H24FN3. The standard InChI is InChI=1S/C15H24FN3/c1-18(2)14-4-3-7-19(11-14)15-9-12(5-6-17)8-13(16)10-15/h8-10,14H,3-7,11,17H2,1-2H3. The smallest absolute Gasteiger partial charge is 0.125 e. The van der Waals surface area contributed by atoms with Crippen LogP contribution in [0.25, 0.3) is 0 Å². The second-order valence-corrected chi connectivity index (χ2v) is 5.56. The Morgan fingerprint density at radius 2 is 2.16 bits per heavy atom. The van der Waals surface area contributed by atoms with E-state index in [2.05, 4.69) is 30.0 Å². The molecule has 0 radical (unpaired) electrons. The van der Waals surface area contributed by atoms with Crippen LogP contribution in [0.1, 0.15) is 18.4 Å². The van der Waals surface area contributed by atoms with Gasteiger partial charge in [-0.15, -0.1) is 0 Å². The molecule has 1 unspecified atom stereocenters. The van der Waals surface area contributed by atoms with Crippen molar-refractivity contribution in [3.8, 4) is 0 Å². The van der Waals surface area contributed by atoms with Crippen molar-refractivity contribution in [2.75, 3.05) is 38.6 Å². The summed E-state index contributed by atoms with van der Waals surface area (Å²) in [6.45, 7) is 2.54. The lowest BCUT2D eigenvalue weighted by Gasteiger charge is -2.37. The van der Waals surface area contributed by atoms with E-state index in [1.807, 2.05) is 0 Å². The summed E-state index contributed by atoms with van der Waals surface area (Å²) in [4.78, 5) is 4.55. The minimum atomic E-state index is -0.159. The van der Waals surface area contributed by atoms with Crippen molar-refractivity contribution in [2.24, 2.45) is 5.73 Å². The molecule has 3 nitrogen and oxygen atoms in total. The largest absolute Gasteiger partial charge is 0.370 e. The maximum absolute atomic E-state index is 13.7. The molecule has 2 N–H and O–H groups in total. The monoisotopic (exact) mass is 265 g/mol. The first-order chi connectivity index (χ1) is 9.10. The lowest BCUT2D eigenvalue weighted by molar-refractivity contribution is 0.258. The molecule has 0 aromatic heterocycles. The zero-order chi connectivity index (χ0) is 13.8. The zero-order valence-corrected chi connectivity index (χ0v) is 11.9. The molecule has 0 amide bonds. The molecule has 4 heteroatoms. The van der Waals surface area contributed by atoms with Gasteiger partial charge in [-0.1, -0.05) is 0 Å². The molecule has 2 rings (SSSR count). The van der Waals surface area contributed by atoms with Gasteiger partial charge in [0.05, 0.1) is 0 Å². The van der Waals surface area contributed by atoms with Gasteiger partial charge >= 0.3 is 0 Å². The Kier molecular flexibility index (Phi) is 4.77. The SMILES string of the molecule is CN(C)C1CCCN(c2cc(F)cc(CCN)c2)C1. The van der Waals surface area contributed by atoms with Gasteiger partial charge in [0.15, 0.2) is 0 Å². The van der Waals surface area contributed by atoms with Crippen molar-refractivity contribution in [2.45, 2.75) is 25.3 Å². The van der Waals surface area contributed by atoms with Crippen LogP contribution in [-0.4, -0.2) is 44.7 Å². The van der Waals surface area contributed by atoms with Gasteiger partial charge in [-0.2, -0.15) is 0 Å². The molecule has 1 aromatic carbocycles. The van der Waals surface area contributed by atoms with Crippen LogP contribution in [0.15, 0.2) is 18.2 Å². The molecular weight excluding hydrogens is 241 g/mol. The van der Waals surface area contributed by atoms with Gasteiger partial charge in [0.1, 0.15) is 5.82 Å². The van der Waals surface area contributed by atoms with E-state index in [0.29, 0.717) is 12.6 Å². The highest BCUT2D eigenvalue weighted by atomic mass is 19.1. The zero-order valence-electron chi connectivity index (χ0n) is 11.9. The Morgan fingerprint density at radius 3 is 2.84 bits per heavy atom. The second kappa shape index (κ2) is 6.35. The van der Waals surface area contributed by atoms with E-state index < -0.39 is 0 Å². The minimum Gasteiger partial charge on any atom is -0.370 e. The fourth-order valence-electron chi connectivity index (χ4n) is 2.74. The van der Waals surface area contributed by atoms with Gasteiger partial charge in [0.25, 0.3) is 0 Å². The third-order valence-corrected chi connectivity index (χ3v) is 3.87. The lowest BCUT2D eigenvalue weighted by atomic mass is 10.0. The Hall–Kier alpha value is -1.13. The first kappa shape index (κ1) is 14.3. The summed E-state index contributed by atoms with van der Waals surface area (Å²) >= 11 is 0. The van der Waals surface area contributed by atoms with Gasteiger partial charge in [-0.05, 0) is 63.7 Å². The van der Waals surface area contributed by atoms with E-state index in [1.54, 1.807) is 12.1 Å². The molecule has 1 heterocycles. The van der Waals surface area contributed by atoms with Gasteiger partial charge in [-0.3, -0.25) is 0 Å². The van der Waals surface area contributed by atoms with E-state index in [-0.39, 0.29) is 5.82 Å². The number of piperidine rings is 1. The summed E-state index contributed by atoms with van der Waals surface area (Å²) in [5.74, 6) is -0.159. The number of halogens is 1. The van der Waals surface area contributed by atoms with E-state index in [9.17, 15) is 4.39 Å². The number of likely N-dealkylation sites (N-methyl/N-ethyl adjacent to an activating group) is 1. The summed E-state index contributed by atoms with van der Waals surface area (Å²) in [6, 6.07) is 5.85. The quantitative estimate of drug-likeness (QED) is 0.902. The second-order valence-electron chi connectivity index (χ2n) is 5.56. The summed E-state index contributed by atoms with van der Waals surface area (Å²) in [7, 11) is 4.22. The average Bonchev–Trinajstić information content (AvgIpc) is 2.38. The van der Waals surface area contributed by atoms with Crippen molar-refractivity contribution < 1.29 is 4.39 Å². The number of nitrogens with zero attached hydrogens (tertiary/aromatic N) is 2. The molecule has 1 saturated heterocycles. The van der Waals surface area contributed by atoms with Crippen LogP contribution < -0.4 is 10.6 Å². The van der Waals surface area contributed by atoms with E-state index in [1.165, 1.54) is 6.42 Å². The highest BCUT2D eigenvalue weighted by Crippen LogP contribution is 2.24. The molecule has 0 saturated carbocycles. The Morgan fingerprint density at radius 1 is 1.37 bits per heavy atom. The molecule has 0 aliphatic carbocycles. The number of hydrogen-bond donors (Lipinski definition) is 1. The van der Waals surface area contributed by atoms with Gasteiger partial charge < -0.3 is 15.5 Å². The Bertz CT molecular complexity index is 420. The fraction of sp³-hybridized carbons (Fsp3) is 0.600. The van der Waals surface area contributed by atoms with Crippen LogP contribution in [0.5, 0.6) is 0 Å². The third-order valence-electron chi connectivity index (χ3n) is 3.87. The lowest BCUT2D eigenvalue weighted by Crippen LogP contribution is -2.45. The molecule has 0 bridgehead atoms. The topological polar surface area (TPSA) is 32.5 Å². The van der Waals surface area contributed by atoms with E-state index in [0.717, 1.165) is 37.2 Å². The predicted octanol–water partition coefficient (Wildman–Crippen LogP) is 1.86. The minimum absolute atomic E-state index is 0.159. The van der Waals surface area contributed by atoms with E-state index >= 15 is 0 Å². The molecule has 1 aromatic rings. The fourth-order valence-corrected chi connectivity index (χ4v) is 2.74. The van der Waals surface area contributed by atoms with Crippen LogP contribution in [0.3, 0.4) is 0 Å². The van der Waals surface area contributed by atoms with E-state index in [4.69, 9.17) is 5.73 Å². The van der Waals surface area contributed by atoms with Crippen molar-refractivity contribution in [3.05, 3.63) is 29.6 Å². The number of anilines is 1. The van der Waals surface area contributed by atoms with Crippen LogP contribution in [-0.2, 0) is 6.42 Å². The van der Waals surface area contributed by atoms with Gasteiger partial charge in [0, 0.05) is 24.8 Å². The van der Waals surface area contributed by atoms with Crippen molar-refractivity contribution in [1.82, 2.24) is 4.90 Å². The molecule has 106 valence electrons. The van der Waals surface area contributed by atoms with Crippen LogP contribution in [0, 0.1) is 5.82 Å². The average molecular weight is 265 g/mol. The highest BCUT2D eigenvalue weighted by molar-refractivity contribution is 5.49. The highest BCUT2D eigenvalue weighted by Gasteiger charge is 2.22. The van der Waals surface area contributed by atoms with Crippen LogP contribution in [0.2, 0.25) is 0 Å².